The van der Waals surface area contributed by atoms with E-state index in [1.165, 1.54) is 6.07 Å². The standard InChI is InChI=1S/C11H10Br2FN3/c1-2-17-10(6-12)15-16-11(17)8-5-7(13)3-4-9(8)14/h3-5H,2,6H2,1H3. The molecule has 0 radical (unpaired) electrons. The van der Waals surface area contributed by atoms with Gasteiger partial charge in [-0.3, -0.25) is 0 Å². The van der Waals surface area contributed by atoms with E-state index < -0.39 is 0 Å². The number of halogens is 3. The lowest BCUT2D eigenvalue weighted by molar-refractivity contribution is 0.626. The SMILES string of the molecule is CCn1c(CBr)nnc1-c1cc(Br)ccc1F. The number of benzene rings is 1. The van der Waals surface area contributed by atoms with E-state index in [4.69, 9.17) is 0 Å². The Kier molecular flexibility index (Phi) is 3.93. The van der Waals surface area contributed by atoms with Crippen molar-refractivity contribution in [2.75, 3.05) is 0 Å². The summed E-state index contributed by atoms with van der Waals surface area (Å²) in [6.45, 7) is 2.68. The second-order valence-electron chi connectivity index (χ2n) is 3.44. The van der Waals surface area contributed by atoms with Crippen LogP contribution in [0.5, 0.6) is 0 Å². The summed E-state index contributed by atoms with van der Waals surface area (Å²) in [5.74, 6) is 1.05. The summed E-state index contributed by atoms with van der Waals surface area (Å²) in [7, 11) is 0. The predicted octanol–water partition coefficient (Wildman–Crippen LogP) is 3.76. The third kappa shape index (κ3) is 2.42. The molecular formula is C11H10Br2FN3. The maximum absolute atomic E-state index is 13.8. The molecule has 1 aromatic carbocycles. The van der Waals surface area contributed by atoms with Crippen molar-refractivity contribution in [3.8, 4) is 11.4 Å². The van der Waals surface area contributed by atoms with Gasteiger partial charge in [0.15, 0.2) is 5.82 Å². The smallest absolute Gasteiger partial charge is 0.166 e. The molecule has 0 aliphatic heterocycles. The largest absolute Gasteiger partial charge is 0.310 e. The van der Waals surface area contributed by atoms with Crippen LogP contribution in [0.15, 0.2) is 22.7 Å². The van der Waals surface area contributed by atoms with Crippen LogP contribution in [-0.4, -0.2) is 14.8 Å². The van der Waals surface area contributed by atoms with Gasteiger partial charge in [0, 0.05) is 11.0 Å². The van der Waals surface area contributed by atoms with E-state index in [2.05, 4.69) is 42.1 Å². The summed E-state index contributed by atoms with van der Waals surface area (Å²) < 4.78 is 16.5. The first-order valence-electron chi connectivity index (χ1n) is 5.10. The average Bonchev–Trinajstić information content (AvgIpc) is 2.74. The molecule has 0 aliphatic carbocycles. The highest BCUT2D eigenvalue weighted by molar-refractivity contribution is 9.10. The highest BCUT2D eigenvalue weighted by Gasteiger charge is 2.15. The van der Waals surface area contributed by atoms with Crippen LogP contribution >= 0.6 is 31.9 Å². The molecule has 2 rings (SSSR count). The van der Waals surface area contributed by atoms with E-state index in [9.17, 15) is 4.39 Å². The van der Waals surface area contributed by atoms with Crippen LogP contribution in [-0.2, 0) is 11.9 Å². The Morgan fingerprint density at radius 1 is 1.35 bits per heavy atom. The summed E-state index contributed by atoms with van der Waals surface area (Å²) in [6, 6.07) is 4.79. The lowest BCUT2D eigenvalue weighted by Gasteiger charge is -2.07. The number of alkyl halides is 1. The summed E-state index contributed by atoms with van der Waals surface area (Å²) >= 11 is 6.67. The van der Waals surface area contributed by atoms with Crippen LogP contribution in [0.4, 0.5) is 4.39 Å². The Morgan fingerprint density at radius 2 is 2.12 bits per heavy atom. The van der Waals surface area contributed by atoms with Crippen LogP contribution in [0.3, 0.4) is 0 Å². The number of nitrogens with zero attached hydrogens (tertiary/aromatic N) is 3. The second-order valence-corrected chi connectivity index (χ2v) is 4.92. The molecule has 2 aromatic rings. The van der Waals surface area contributed by atoms with E-state index in [1.807, 2.05) is 11.5 Å². The van der Waals surface area contributed by atoms with Gasteiger partial charge in [0.05, 0.1) is 10.9 Å². The second kappa shape index (κ2) is 5.27. The lowest BCUT2D eigenvalue weighted by Crippen LogP contribution is -2.02. The van der Waals surface area contributed by atoms with E-state index in [0.717, 1.165) is 10.3 Å². The van der Waals surface area contributed by atoms with E-state index in [1.54, 1.807) is 12.1 Å². The fourth-order valence-electron chi connectivity index (χ4n) is 1.63. The van der Waals surface area contributed by atoms with Crippen molar-refractivity contribution in [2.45, 2.75) is 18.8 Å². The van der Waals surface area contributed by atoms with Crippen LogP contribution in [0, 0.1) is 5.82 Å². The molecule has 0 saturated heterocycles. The van der Waals surface area contributed by atoms with Crippen molar-refractivity contribution in [1.82, 2.24) is 14.8 Å². The maximum atomic E-state index is 13.8. The van der Waals surface area contributed by atoms with Gasteiger partial charge in [0.1, 0.15) is 11.6 Å². The molecule has 17 heavy (non-hydrogen) atoms. The zero-order valence-electron chi connectivity index (χ0n) is 9.12. The molecule has 6 heteroatoms. The highest BCUT2D eigenvalue weighted by Crippen LogP contribution is 2.25. The predicted molar refractivity (Wildman–Crippen MR) is 71.4 cm³/mol. The van der Waals surface area contributed by atoms with E-state index in [0.29, 0.717) is 23.3 Å². The highest BCUT2D eigenvalue weighted by atomic mass is 79.9. The third-order valence-electron chi connectivity index (χ3n) is 2.43. The van der Waals surface area contributed by atoms with Gasteiger partial charge in [-0.1, -0.05) is 31.9 Å². The van der Waals surface area contributed by atoms with Gasteiger partial charge < -0.3 is 4.57 Å². The van der Waals surface area contributed by atoms with Gasteiger partial charge >= 0.3 is 0 Å². The lowest BCUT2D eigenvalue weighted by atomic mass is 10.2. The van der Waals surface area contributed by atoms with Crippen LogP contribution in [0.2, 0.25) is 0 Å². The third-order valence-corrected chi connectivity index (χ3v) is 3.43. The summed E-state index contributed by atoms with van der Waals surface area (Å²) in [5, 5.41) is 8.69. The number of rotatable bonds is 3. The normalized spacial score (nSPS) is 10.8. The topological polar surface area (TPSA) is 30.7 Å². The minimum Gasteiger partial charge on any atom is -0.310 e. The molecule has 0 bridgehead atoms. The number of hydrogen-bond donors (Lipinski definition) is 0. The molecule has 1 aromatic heterocycles. The monoisotopic (exact) mass is 361 g/mol. The van der Waals surface area contributed by atoms with Crippen LogP contribution in [0.25, 0.3) is 11.4 Å². The minimum absolute atomic E-state index is 0.295. The number of hydrogen-bond acceptors (Lipinski definition) is 2. The van der Waals surface area contributed by atoms with Crippen molar-refractivity contribution < 1.29 is 4.39 Å². The molecule has 0 aliphatic rings. The minimum atomic E-state index is -0.295. The van der Waals surface area contributed by atoms with Crippen molar-refractivity contribution in [3.63, 3.8) is 0 Å². The molecule has 90 valence electrons. The van der Waals surface area contributed by atoms with Gasteiger partial charge in [-0.2, -0.15) is 0 Å². The van der Waals surface area contributed by atoms with E-state index in [-0.39, 0.29) is 5.82 Å². The Bertz CT molecular complexity index is 540. The molecular weight excluding hydrogens is 353 g/mol. The van der Waals surface area contributed by atoms with Crippen molar-refractivity contribution in [2.24, 2.45) is 0 Å². The van der Waals surface area contributed by atoms with Crippen LogP contribution in [0.1, 0.15) is 12.7 Å². The fraction of sp³-hybridized carbons (Fsp3) is 0.273. The zero-order valence-corrected chi connectivity index (χ0v) is 12.3. The molecule has 0 spiro atoms. The van der Waals surface area contributed by atoms with Gasteiger partial charge in [0.2, 0.25) is 0 Å². The summed E-state index contributed by atoms with van der Waals surface area (Å²) in [6.07, 6.45) is 0. The van der Waals surface area contributed by atoms with Gasteiger partial charge in [-0.05, 0) is 25.1 Å². The zero-order chi connectivity index (χ0) is 12.4. The molecule has 1 heterocycles. The molecule has 0 amide bonds. The summed E-state index contributed by atoms with van der Waals surface area (Å²) in [5.41, 5.74) is 0.459. The van der Waals surface area contributed by atoms with Crippen molar-refractivity contribution in [3.05, 3.63) is 34.3 Å². The molecule has 0 saturated carbocycles. The number of aromatic nitrogens is 3. The molecule has 0 atom stereocenters. The summed E-state index contributed by atoms with van der Waals surface area (Å²) in [4.78, 5) is 0. The Hall–Kier alpha value is -0.750. The van der Waals surface area contributed by atoms with Gasteiger partial charge in [-0.25, -0.2) is 4.39 Å². The molecule has 3 nitrogen and oxygen atoms in total. The Morgan fingerprint density at radius 3 is 2.76 bits per heavy atom. The van der Waals surface area contributed by atoms with E-state index >= 15 is 0 Å². The Labute approximate surface area is 115 Å². The molecule has 0 unspecified atom stereocenters. The quantitative estimate of drug-likeness (QED) is 0.778. The maximum Gasteiger partial charge on any atom is 0.166 e. The van der Waals surface area contributed by atoms with Crippen LogP contribution < -0.4 is 0 Å². The Balaban J connectivity index is 2.59. The first kappa shape index (κ1) is 12.7. The average molecular weight is 363 g/mol. The van der Waals surface area contributed by atoms with Crippen molar-refractivity contribution in [1.29, 1.82) is 0 Å². The van der Waals surface area contributed by atoms with Gasteiger partial charge in [0.25, 0.3) is 0 Å². The van der Waals surface area contributed by atoms with Crippen molar-refractivity contribution >= 4 is 31.9 Å². The first-order chi connectivity index (χ1) is 8.17. The first-order valence-corrected chi connectivity index (χ1v) is 7.02. The van der Waals surface area contributed by atoms with Gasteiger partial charge in [-0.15, -0.1) is 10.2 Å². The molecule has 0 N–H and O–H groups in total. The fourth-order valence-corrected chi connectivity index (χ4v) is 2.41. The molecule has 0 fully saturated rings.